The van der Waals surface area contributed by atoms with Gasteiger partial charge in [0, 0.05) is 0 Å². The van der Waals surface area contributed by atoms with Crippen molar-refractivity contribution in [2.45, 2.75) is 26.9 Å². The lowest BCUT2D eigenvalue weighted by molar-refractivity contribution is 0.314. The highest BCUT2D eigenvalue weighted by atomic mass is 19.1. The highest BCUT2D eigenvalue weighted by molar-refractivity contribution is 4.87. The van der Waals surface area contributed by atoms with Gasteiger partial charge in [0.05, 0.1) is 0 Å². The second-order valence-corrected chi connectivity index (χ2v) is 2.21. The number of halogens is 1. The van der Waals surface area contributed by atoms with Crippen LogP contribution in [0.15, 0.2) is 12.2 Å². The molecular weight excluding hydrogens is 103 g/mol. The first-order valence-electron chi connectivity index (χ1n) is 2.95. The van der Waals surface area contributed by atoms with Gasteiger partial charge >= 0.3 is 0 Å². The number of hydrogen-bond acceptors (Lipinski definition) is 0. The van der Waals surface area contributed by atoms with Crippen molar-refractivity contribution in [3.8, 4) is 0 Å². The van der Waals surface area contributed by atoms with E-state index in [4.69, 9.17) is 0 Å². The van der Waals surface area contributed by atoms with Gasteiger partial charge in [0.1, 0.15) is 6.17 Å². The number of rotatable bonds is 2. The van der Waals surface area contributed by atoms with E-state index in [1.807, 2.05) is 20.8 Å². The molecular formula is C7H13F. The van der Waals surface area contributed by atoms with E-state index in [0.29, 0.717) is 0 Å². The Labute approximate surface area is 50.4 Å². The zero-order valence-corrected chi connectivity index (χ0v) is 5.69. The lowest BCUT2D eigenvalue weighted by atomic mass is 10.1. The first-order valence-corrected chi connectivity index (χ1v) is 2.95. The number of hydrogen-bond donors (Lipinski definition) is 0. The van der Waals surface area contributed by atoms with Crippen molar-refractivity contribution in [1.82, 2.24) is 0 Å². The van der Waals surface area contributed by atoms with Crippen LogP contribution >= 0.6 is 0 Å². The maximum absolute atomic E-state index is 12.4. The lowest BCUT2D eigenvalue weighted by Gasteiger charge is -2.04. The number of allylic oxidation sites excluding steroid dienone is 2. The van der Waals surface area contributed by atoms with E-state index in [0.717, 1.165) is 0 Å². The zero-order valence-electron chi connectivity index (χ0n) is 5.69. The van der Waals surface area contributed by atoms with Gasteiger partial charge in [-0.1, -0.05) is 26.0 Å². The molecule has 0 amide bonds. The minimum atomic E-state index is -0.764. The molecule has 0 aromatic carbocycles. The van der Waals surface area contributed by atoms with E-state index in [1.165, 1.54) is 0 Å². The third kappa shape index (κ3) is 2.78. The van der Waals surface area contributed by atoms with Gasteiger partial charge in [-0.3, -0.25) is 0 Å². The van der Waals surface area contributed by atoms with Crippen molar-refractivity contribution in [2.75, 3.05) is 0 Å². The Hall–Kier alpha value is -0.330. The fourth-order valence-corrected chi connectivity index (χ4v) is 0.406. The van der Waals surface area contributed by atoms with Crippen molar-refractivity contribution < 1.29 is 4.39 Å². The van der Waals surface area contributed by atoms with Gasteiger partial charge in [-0.25, -0.2) is 4.39 Å². The van der Waals surface area contributed by atoms with Crippen molar-refractivity contribution in [2.24, 2.45) is 5.92 Å². The van der Waals surface area contributed by atoms with Crippen LogP contribution < -0.4 is 0 Å². The van der Waals surface area contributed by atoms with Crippen LogP contribution in [-0.2, 0) is 0 Å². The molecule has 0 aliphatic carbocycles. The summed E-state index contributed by atoms with van der Waals surface area (Å²) >= 11 is 0. The second kappa shape index (κ2) is 3.65. The molecule has 0 radical (unpaired) electrons. The summed E-state index contributed by atoms with van der Waals surface area (Å²) in [7, 11) is 0. The summed E-state index contributed by atoms with van der Waals surface area (Å²) in [4.78, 5) is 0. The summed E-state index contributed by atoms with van der Waals surface area (Å²) in [6.45, 7) is 5.56. The predicted octanol–water partition coefficient (Wildman–Crippen LogP) is 2.56. The molecule has 1 heteroatoms. The topological polar surface area (TPSA) is 0 Å². The molecule has 0 saturated carbocycles. The molecule has 0 N–H and O–H groups in total. The molecule has 0 unspecified atom stereocenters. The molecule has 0 heterocycles. The van der Waals surface area contributed by atoms with Gasteiger partial charge in [-0.2, -0.15) is 0 Å². The molecule has 0 saturated heterocycles. The Kier molecular flexibility index (Phi) is 3.49. The summed E-state index contributed by atoms with van der Waals surface area (Å²) in [6.07, 6.45) is 2.55. The van der Waals surface area contributed by atoms with E-state index < -0.39 is 6.17 Å². The normalized spacial score (nSPS) is 15.6. The second-order valence-electron chi connectivity index (χ2n) is 2.21. The smallest absolute Gasteiger partial charge is 0.120 e. The van der Waals surface area contributed by atoms with Crippen molar-refractivity contribution >= 4 is 0 Å². The van der Waals surface area contributed by atoms with Crippen LogP contribution in [0.25, 0.3) is 0 Å². The van der Waals surface area contributed by atoms with E-state index in [2.05, 4.69) is 0 Å². The highest BCUT2D eigenvalue weighted by Gasteiger charge is 2.04. The molecule has 0 spiro atoms. The molecule has 48 valence electrons. The largest absolute Gasteiger partial charge is 0.243 e. The molecule has 0 rings (SSSR count). The minimum Gasteiger partial charge on any atom is -0.243 e. The molecule has 0 aromatic rings. The SMILES string of the molecule is CC=C[C@@H](F)C(C)C. The maximum Gasteiger partial charge on any atom is 0.120 e. The van der Waals surface area contributed by atoms with E-state index >= 15 is 0 Å². The fraction of sp³-hybridized carbons (Fsp3) is 0.714. The highest BCUT2D eigenvalue weighted by Crippen LogP contribution is 2.06. The first kappa shape index (κ1) is 7.67. The molecule has 0 aliphatic heterocycles. The van der Waals surface area contributed by atoms with Crippen LogP contribution in [0.2, 0.25) is 0 Å². The average Bonchev–Trinajstić information content (AvgIpc) is 1.67. The molecule has 0 aliphatic rings. The molecule has 0 nitrogen and oxygen atoms in total. The Morgan fingerprint density at radius 3 is 2.00 bits per heavy atom. The van der Waals surface area contributed by atoms with Gasteiger partial charge in [0.25, 0.3) is 0 Å². The maximum atomic E-state index is 12.4. The molecule has 0 aromatic heterocycles. The Morgan fingerprint density at radius 2 is 1.88 bits per heavy atom. The standard InChI is InChI=1S/C7H13F/c1-4-5-7(8)6(2)3/h4-7H,1-3H3/t7-/m1/s1. The Bertz CT molecular complexity index is 74.5. The third-order valence-electron chi connectivity index (χ3n) is 1.01. The zero-order chi connectivity index (χ0) is 6.57. The number of alkyl halides is 1. The molecule has 0 fully saturated rings. The van der Waals surface area contributed by atoms with Crippen molar-refractivity contribution in [1.29, 1.82) is 0 Å². The monoisotopic (exact) mass is 116 g/mol. The van der Waals surface area contributed by atoms with Crippen LogP contribution in [0, 0.1) is 5.92 Å². The minimum absolute atomic E-state index is 0.117. The van der Waals surface area contributed by atoms with E-state index in [1.54, 1.807) is 12.2 Å². The van der Waals surface area contributed by atoms with E-state index in [9.17, 15) is 4.39 Å². The predicted molar refractivity (Wildman–Crippen MR) is 34.5 cm³/mol. The molecule has 0 bridgehead atoms. The van der Waals surface area contributed by atoms with Gasteiger partial charge < -0.3 is 0 Å². The quantitative estimate of drug-likeness (QED) is 0.486. The van der Waals surface area contributed by atoms with Crippen molar-refractivity contribution in [3.63, 3.8) is 0 Å². The summed E-state index contributed by atoms with van der Waals surface area (Å²) in [5.41, 5.74) is 0. The Balaban J connectivity index is 3.47. The Morgan fingerprint density at radius 1 is 1.38 bits per heavy atom. The third-order valence-corrected chi connectivity index (χ3v) is 1.01. The van der Waals surface area contributed by atoms with Gasteiger partial charge in [-0.05, 0) is 12.8 Å². The first-order chi connectivity index (χ1) is 3.68. The van der Waals surface area contributed by atoms with Crippen LogP contribution in [0.4, 0.5) is 4.39 Å². The van der Waals surface area contributed by atoms with Crippen LogP contribution in [0.3, 0.4) is 0 Å². The lowest BCUT2D eigenvalue weighted by Crippen LogP contribution is -2.03. The van der Waals surface area contributed by atoms with Crippen LogP contribution in [0.1, 0.15) is 20.8 Å². The average molecular weight is 116 g/mol. The van der Waals surface area contributed by atoms with Gasteiger partial charge in [0.2, 0.25) is 0 Å². The van der Waals surface area contributed by atoms with Crippen LogP contribution in [-0.4, -0.2) is 6.17 Å². The van der Waals surface area contributed by atoms with E-state index in [-0.39, 0.29) is 5.92 Å². The van der Waals surface area contributed by atoms with Crippen LogP contribution in [0.5, 0.6) is 0 Å². The molecule has 8 heavy (non-hydrogen) atoms. The fourth-order valence-electron chi connectivity index (χ4n) is 0.406. The summed E-state index contributed by atoms with van der Waals surface area (Å²) in [5, 5.41) is 0. The summed E-state index contributed by atoms with van der Waals surface area (Å²) in [6, 6.07) is 0. The van der Waals surface area contributed by atoms with Crippen molar-refractivity contribution in [3.05, 3.63) is 12.2 Å². The van der Waals surface area contributed by atoms with Gasteiger partial charge in [-0.15, -0.1) is 0 Å². The molecule has 1 atom stereocenters. The summed E-state index contributed by atoms with van der Waals surface area (Å²) < 4.78 is 12.4. The summed E-state index contributed by atoms with van der Waals surface area (Å²) in [5.74, 6) is 0.117. The van der Waals surface area contributed by atoms with Gasteiger partial charge in [0.15, 0.2) is 0 Å².